The van der Waals surface area contributed by atoms with E-state index in [-0.39, 0.29) is 18.2 Å². The molecule has 5 heteroatoms. The normalized spacial score (nSPS) is 22.9. The van der Waals surface area contributed by atoms with Gasteiger partial charge < -0.3 is 15.0 Å². The maximum atomic E-state index is 12.2. The number of nitrogens with zero attached hydrogens (tertiary/aromatic N) is 2. The zero-order valence-corrected chi connectivity index (χ0v) is 11.7. The Morgan fingerprint density at radius 2 is 2.21 bits per heavy atom. The van der Waals surface area contributed by atoms with Gasteiger partial charge in [-0.05, 0) is 38.5 Å². The Hall–Kier alpha value is -1.36. The van der Waals surface area contributed by atoms with Crippen LogP contribution in [0, 0.1) is 11.8 Å². The van der Waals surface area contributed by atoms with Crippen LogP contribution in [0.2, 0.25) is 0 Å². The molecule has 1 saturated carbocycles. The summed E-state index contributed by atoms with van der Waals surface area (Å²) in [5, 5.41) is 12.5. The molecule has 0 saturated heterocycles. The summed E-state index contributed by atoms with van der Waals surface area (Å²) in [5.41, 5.74) is -0.0731. The number of anilines is 1. The summed E-state index contributed by atoms with van der Waals surface area (Å²) in [6, 6.07) is 0.132. The van der Waals surface area contributed by atoms with Crippen LogP contribution in [0.4, 0.5) is 5.82 Å². The Labute approximate surface area is 113 Å². The zero-order chi connectivity index (χ0) is 13.8. The first-order valence-corrected chi connectivity index (χ1v) is 7.05. The van der Waals surface area contributed by atoms with Gasteiger partial charge in [0, 0.05) is 31.6 Å². The van der Waals surface area contributed by atoms with Crippen molar-refractivity contribution in [2.24, 2.45) is 11.8 Å². The van der Waals surface area contributed by atoms with Gasteiger partial charge in [0.25, 0.3) is 5.56 Å². The van der Waals surface area contributed by atoms with Crippen molar-refractivity contribution in [3.8, 4) is 0 Å². The van der Waals surface area contributed by atoms with Gasteiger partial charge in [-0.15, -0.1) is 0 Å². The van der Waals surface area contributed by atoms with Crippen LogP contribution in [-0.2, 0) is 0 Å². The number of hydrogen-bond acceptors (Lipinski definition) is 4. The third-order valence-electron chi connectivity index (χ3n) is 4.01. The molecule has 1 fully saturated rings. The molecule has 0 spiro atoms. The third-order valence-corrected chi connectivity index (χ3v) is 4.01. The van der Waals surface area contributed by atoms with E-state index in [4.69, 9.17) is 0 Å². The lowest BCUT2D eigenvalue weighted by Crippen LogP contribution is -2.28. The van der Waals surface area contributed by atoms with Crippen molar-refractivity contribution in [1.82, 2.24) is 9.55 Å². The summed E-state index contributed by atoms with van der Waals surface area (Å²) in [6.45, 7) is 4.91. The maximum Gasteiger partial charge on any atom is 0.293 e. The van der Waals surface area contributed by atoms with E-state index < -0.39 is 0 Å². The van der Waals surface area contributed by atoms with Crippen LogP contribution < -0.4 is 10.9 Å². The zero-order valence-electron chi connectivity index (χ0n) is 11.7. The molecular formula is C14H23N3O2. The molecule has 1 aromatic heterocycles. The Bertz CT molecular complexity index is 470. The molecule has 1 aliphatic carbocycles. The molecule has 2 atom stereocenters. The number of hydrogen-bond donors (Lipinski definition) is 2. The smallest absolute Gasteiger partial charge is 0.293 e. The van der Waals surface area contributed by atoms with Crippen LogP contribution in [0.15, 0.2) is 17.2 Å². The van der Waals surface area contributed by atoms with Gasteiger partial charge in [0.2, 0.25) is 0 Å². The lowest BCUT2D eigenvalue weighted by atomic mass is 9.97. The van der Waals surface area contributed by atoms with E-state index in [9.17, 15) is 9.90 Å². The molecule has 5 nitrogen and oxygen atoms in total. The van der Waals surface area contributed by atoms with E-state index >= 15 is 0 Å². The number of rotatable bonds is 5. The quantitative estimate of drug-likeness (QED) is 0.849. The van der Waals surface area contributed by atoms with Crippen molar-refractivity contribution in [3.63, 3.8) is 0 Å². The predicted molar refractivity (Wildman–Crippen MR) is 75.3 cm³/mol. The predicted octanol–water partition coefficient (Wildman–Crippen LogP) is 1.64. The lowest BCUT2D eigenvalue weighted by Gasteiger charge is -2.18. The van der Waals surface area contributed by atoms with Crippen molar-refractivity contribution < 1.29 is 5.11 Å². The highest BCUT2D eigenvalue weighted by Crippen LogP contribution is 2.31. The minimum atomic E-state index is -0.0731. The fraction of sp³-hybridized carbons (Fsp3) is 0.714. The second kappa shape index (κ2) is 6.19. The Balaban J connectivity index is 2.04. The molecule has 2 N–H and O–H groups in total. The van der Waals surface area contributed by atoms with Crippen molar-refractivity contribution in [3.05, 3.63) is 22.7 Å². The summed E-state index contributed by atoms with van der Waals surface area (Å²) < 4.78 is 1.67. The van der Waals surface area contributed by atoms with E-state index in [2.05, 4.69) is 10.3 Å². The van der Waals surface area contributed by atoms with Gasteiger partial charge in [-0.25, -0.2) is 4.98 Å². The Morgan fingerprint density at radius 3 is 2.89 bits per heavy atom. The van der Waals surface area contributed by atoms with E-state index in [1.165, 1.54) is 0 Å². The molecule has 106 valence electrons. The number of aromatic nitrogens is 2. The van der Waals surface area contributed by atoms with Gasteiger partial charge in [0.1, 0.15) is 0 Å². The molecule has 0 amide bonds. The molecule has 1 aliphatic rings. The molecule has 19 heavy (non-hydrogen) atoms. The van der Waals surface area contributed by atoms with Gasteiger partial charge >= 0.3 is 0 Å². The van der Waals surface area contributed by atoms with E-state index in [1.54, 1.807) is 17.0 Å². The highest BCUT2D eigenvalue weighted by Gasteiger charge is 2.26. The monoisotopic (exact) mass is 265 g/mol. The van der Waals surface area contributed by atoms with Gasteiger partial charge in [-0.1, -0.05) is 6.42 Å². The van der Waals surface area contributed by atoms with E-state index in [0.717, 1.165) is 25.8 Å². The van der Waals surface area contributed by atoms with Crippen molar-refractivity contribution in [2.75, 3.05) is 18.5 Å². The summed E-state index contributed by atoms with van der Waals surface area (Å²) in [6.07, 6.45) is 6.73. The van der Waals surface area contributed by atoms with Crippen molar-refractivity contribution in [1.29, 1.82) is 0 Å². The Morgan fingerprint density at radius 1 is 1.47 bits per heavy atom. The van der Waals surface area contributed by atoms with E-state index in [1.807, 2.05) is 13.8 Å². The molecule has 0 aromatic carbocycles. The van der Waals surface area contributed by atoms with Gasteiger partial charge in [-0.2, -0.15) is 0 Å². The maximum absolute atomic E-state index is 12.2. The van der Waals surface area contributed by atoms with Crippen molar-refractivity contribution in [2.45, 2.75) is 39.2 Å². The second-order valence-electron chi connectivity index (χ2n) is 5.60. The van der Waals surface area contributed by atoms with Crippen LogP contribution in [0.25, 0.3) is 0 Å². The third kappa shape index (κ3) is 3.15. The van der Waals surface area contributed by atoms with Gasteiger partial charge in [0.05, 0.1) is 0 Å². The van der Waals surface area contributed by atoms with E-state index in [0.29, 0.717) is 17.7 Å². The first-order valence-electron chi connectivity index (χ1n) is 7.05. The molecule has 0 aliphatic heterocycles. The lowest BCUT2D eigenvalue weighted by molar-refractivity contribution is 0.199. The van der Waals surface area contributed by atoms with Crippen molar-refractivity contribution >= 4 is 5.82 Å². The van der Waals surface area contributed by atoms with Crippen LogP contribution in [0.5, 0.6) is 0 Å². The average molecular weight is 265 g/mol. The molecule has 0 bridgehead atoms. The minimum Gasteiger partial charge on any atom is -0.396 e. The first kappa shape index (κ1) is 14.1. The molecule has 1 aromatic rings. The average Bonchev–Trinajstić information content (AvgIpc) is 2.84. The summed E-state index contributed by atoms with van der Waals surface area (Å²) in [5.74, 6) is 1.22. The SMILES string of the molecule is CC(C)n1ccnc(NCC2CCCC2CO)c1=O. The highest BCUT2D eigenvalue weighted by molar-refractivity contribution is 5.31. The number of nitrogens with one attached hydrogen (secondary N) is 1. The van der Waals surface area contributed by atoms with Crippen LogP contribution in [0.1, 0.15) is 39.2 Å². The van der Waals surface area contributed by atoms with Crippen LogP contribution >= 0.6 is 0 Å². The largest absolute Gasteiger partial charge is 0.396 e. The molecule has 2 rings (SSSR count). The molecule has 0 radical (unpaired) electrons. The number of aliphatic hydroxyl groups is 1. The van der Waals surface area contributed by atoms with Crippen LogP contribution in [-0.4, -0.2) is 27.8 Å². The minimum absolute atomic E-state index is 0.0731. The number of aliphatic hydroxyl groups excluding tert-OH is 1. The summed E-state index contributed by atoms with van der Waals surface area (Å²) in [4.78, 5) is 16.3. The molecule has 2 unspecified atom stereocenters. The van der Waals surface area contributed by atoms with Gasteiger partial charge in [0.15, 0.2) is 5.82 Å². The Kier molecular flexibility index (Phi) is 4.58. The highest BCUT2D eigenvalue weighted by atomic mass is 16.3. The fourth-order valence-corrected chi connectivity index (χ4v) is 2.80. The molecule has 1 heterocycles. The fourth-order valence-electron chi connectivity index (χ4n) is 2.80. The summed E-state index contributed by atoms with van der Waals surface area (Å²) in [7, 11) is 0. The molecular weight excluding hydrogens is 242 g/mol. The summed E-state index contributed by atoms with van der Waals surface area (Å²) >= 11 is 0. The topological polar surface area (TPSA) is 67.2 Å². The standard InChI is InChI=1S/C14H23N3O2/c1-10(2)17-7-6-15-13(14(17)19)16-8-11-4-3-5-12(11)9-18/h6-7,10-12,18H,3-5,8-9H2,1-2H3,(H,15,16). The first-order chi connectivity index (χ1) is 9.13. The second-order valence-corrected chi connectivity index (χ2v) is 5.60. The van der Waals surface area contributed by atoms with Gasteiger partial charge in [-0.3, -0.25) is 4.79 Å². The van der Waals surface area contributed by atoms with Crippen LogP contribution in [0.3, 0.4) is 0 Å².